The van der Waals surface area contributed by atoms with Crippen molar-refractivity contribution in [2.45, 2.75) is 372 Å². The first-order chi connectivity index (χ1) is 41.7. The van der Waals surface area contributed by atoms with Gasteiger partial charge in [-0.3, -0.25) is 9.59 Å². The van der Waals surface area contributed by atoms with Crippen LogP contribution in [0.5, 0.6) is 0 Å². The molecule has 1 heterocycles. The number of nitrogens with one attached hydrogen (secondary N) is 1. The molecule has 11 heteroatoms. The zero-order chi connectivity index (χ0) is 61.7. The van der Waals surface area contributed by atoms with E-state index in [4.69, 9.17) is 14.2 Å². The van der Waals surface area contributed by atoms with Crippen molar-refractivity contribution in [1.29, 1.82) is 0 Å². The average molecular weight is 1200 g/mol. The molecule has 0 bridgehead atoms. The summed E-state index contributed by atoms with van der Waals surface area (Å²) in [7, 11) is 0. The molecule has 1 amide bonds. The van der Waals surface area contributed by atoms with Crippen molar-refractivity contribution < 1.29 is 49.3 Å². The highest BCUT2D eigenvalue weighted by molar-refractivity contribution is 5.80. The van der Waals surface area contributed by atoms with Crippen LogP contribution < -0.4 is 5.32 Å². The van der Waals surface area contributed by atoms with Gasteiger partial charge in [-0.05, 0) is 96.3 Å². The van der Waals surface area contributed by atoms with Gasteiger partial charge in [-0.1, -0.05) is 293 Å². The Morgan fingerprint density at radius 2 is 0.812 bits per heavy atom. The second-order valence-electron chi connectivity index (χ2n) is 24.6. The summed E-state index contributed by atoms with van der Waals surface area (Å²) in [6.45, 7) is 5.78. The van der Waals surface area contributed by atoms with Gasteiger partial charge in [0.15, 0.2) is 12.4 Å². The molecule has 8 atom stereocenters. The van der Waals surface area contributed by atoms with E-state index in [-0.39, 0.29) is 19.4 Å². The molecule has 0 radical (unpaired) electrons. The van der Waals surface area contributed by atoms with Crippen LogP contribution in [0.2, 0.25) is 0 Å². The SMILES string of the molecule is CCCCC/C=C\C/C=C\C/C=C\C/C=C\CCCCCCC(O)C(=O)NC(COC1OC(CO)C(O)C(O)C1OC(=O)CCCCCCCCCCCCCCC/C=C/CCCCCCCC)C(O)/C=C/CCCCCCCCCCCCC. The number of rotatable bonds is 61. The quantitative estimate of drug-likeness (QED) is 0.0195. The van der Waals surface area contributed by atoms with Gasteiger partial charge in [-0.15, -0.1) is 0 Å². The van der Waals surface area contributed by atoms with E-state index in [1.54, 1.807) is 6.08 Å². The van der Waals surface area contributed by atoms with Crippen molar-refractivity contribution in [3.05, 3.63) is 72.9 Å². The van der Waals surface area contributed by atoms with Crippen LogP contribution in [0.25, 0.3) is 0 Å². The van der Waals surface area contributed by atoms with Gasteiger partial charge < -0.3 is 45.1 Å². The molecule has 0 spiro atoms. The molecule has 0 aromatic carbocycles. The van der Waals surface area contributed by atoms with Crippen LogP contribution >= 0.6 is 0 Å². The molecule has 6 N–H and O–H groups in total. The highest BCUT2D eigenvalue weighted by Crippen LogP contribution is 2.26. The number of hydrogen-bond acceptors (Lipinski definition) is 10. The third kappa shape index (κ3) is 48.7. The molecule has 1 rings (SSSR count). The van der Waals surface area contributed by atoms with Gasteiger partial charge in [0.2, 0.25) is 5.91 Å². The minimum Gasteiger partial charge on any atom is -0.454 e. The van der Waals surface area contributed by atoms with Gasteiger partial charge >= 0.3 is 5.97 Å². The molecule has 0 aromatic rings. The topological polar surface area (TPSA) is 175 Å². The summed E-state index contributed by atoms with van der Waals surface area (Å²) in [4.78, 5) is 26.7. The Morgan fingerprint density at radius 3 is 1.25 bits per heavy atom. The number of aliphatic hydroxyl groups excluding tert-OH is 5. The number of esters is 1. The molecule has 1 aliphatic rings. The largest absolute Gasteiger partial charge is 0.454 e. The molecule has 85 heavy (non-hydrogen) atoms. The lowest BCUT2D eigenvalue weighted by atomic mass is 9.99. The fourth-order valence-electron chi connectivity index (χ4n) is 10.9. The predicted octanol–water partition coefficient (Wildman–Crippen LogP) is 18.3. The fraction of sp³-hybridized carbons (Fsp3) is 0.811. The molecule has 0 aromatic heterocycles. The molecule has 1 saturated heterocycles. The van der Waals surface area contributed by atoms with E-state index in [2.05, 4.69) is 86.8 Å². The molecule has 1 aliphatic heterocycles. The van der Waals surface area contributed by atoms with Crippen LogP contribution in [0.15, 0.2) is 72.9 Å². The van der Waals surface area contributed by atoms with E-state index in [1.807, 2.05) is 6.08 Å². The molecule has 1 fully saturated rings. The first-order valence-corrected chi connectivity index (χ1v) is 35.7. The maximum atomic E-state index is 13.5. The number of unbranched alkanes of at least 4 members (excludes halogenated alkanes) is 37. The third-order valence-corrected chi connectivity index (χ3v) is 16.6. The lowest BCUT2D eigenvalue weighted by Gasteiger charge is -2.41. The zero-order valence-electron chi connectivity index (χ0n) is 55.0. The van der Waals surface area contributed by atoms with Crippen LogP contribution in [0, 0.1) is 0 Å². The van der Waals surface area contributed by atoms with Crippen LogP contribution in [-0.4, -0.2) is 99.6 Å². The Hall–Kier alpha value is -2.90. The number of hydrogen-bond donors (Lipinski definition) is 6. The fourth-order valence-corrected chi connectivity index (χ4v) is 10.9. The van der Waals surface area contributed by atoms with Crippen LogP contribution in [0.4, 0.5) is 0 Å². The van der Waals surface area contributed by atoms with Gasteiger partial charge in [-0.2, -0.15) is 0 Å². The normalized spacial score (nSPS) is 18.8. The van der Waals surface area contributed by atoms with Gasteiger partial charge in [0, 0.05) is 6.42 Å². The van der Waals surface area contributed by atoms with Crippen LogP contribution in [0.1, 0.15) is 323 Å². The summed E-state index contributed by atoms with van der Waals surface area (Å²) in [5.41, 5.74) is 0. The second kappa shape index (κ2) is 61.3. The molecule has 494 valence electrons. The number of ether oxygens (including phenoxy) is 3. The number of aliphatic hydroxyl groups is 5. The molecule has 0 aliphatic carbocycles. The molecule has 8 unspecified atom stereocenters. The Balaban J connectivity index is 2.61. The molecular formula is C74H133NO10. The van der Waals surface area contributed by atoms with E-state index in [0.717, 1.165) is 83.5 Å². The highest BCUT2D eigenvalue weighted by Gasteiger charge is 2.47. The van der Waals surface area contributed by atoms with Crippen molar-refractivity contribution in [2.24, 2.45) is 0 Å². The Bertz CT molecular complexity index is 1660. The summed E-state index contributed by atoms with van der Waals surface area (Å²) < 4.78 is 17.7. The number of allylic oxidation sites excluding steroid dienone is 11. The summed E-state index contributed by atoms with van der Waals surface area (Å²) in [5, 5.41) is 57.2. The highest BCUT2D eigenvalue weighted by atomic mass is 16.7. The van der Waals surface area contributed by atoms with Crippen molar-refractivity contribution >= 4 is 11.9 Å². The summed E-state index contributed by atoms with van der Waals surface area (Å²) in [5.74, 6) is -1.21. The average Bonchev–Trinajstić information content (AvgIpc) is 3.12. The van der Waals surface area contributed by atoms with Gasteiger partial charge in [0.1, 0.15) is 24.4 Å². The lowest BCUT2D eigenvalue weighted by molar-refractivity contribution is -0.305. The first kappa shape index (κ1) is 80.1. The smallest absolute Gasteiger partial charge is 0.306 e. The third-order valence-electron chi connectivity index (χ3n) is 16.6. The van der Waals surface area contributed by atoms with E-state index < -0.39 is 67.4 Å². The van der Waals surface area contributed by atoms with Crippen LogP contribution in [0.3, 0.4) is 0 Å². The maximum Gasteiger partial charge on any atom is 0.306 e. The van der Waals surface area contributed by atoms with Gasteiger partial charge in [-0.25, -0.2) is 0 Å². The molecule has 11 nitrogen and oxygen atoms in total. The monoisotopic (exact) mass is 1200 g/mol. The minimum atomic E-state index is -1.62. The standard InChI is InChI=1S/C74H133NO10/c1-4-7-10-13-16-19-22-25-27-29-31-33-34-35-37-39-41-44-47-50-53-56-59-62-69(79)85-72-71(81)70(80)68(63-76)84-74(72)83-64-65(66(77)60-57-54-51-48-45-42-24-21-18-15-12-9-6-3)75-73(82)67(78)61-58-55-52-49-46-43-40-38-36-32-30-28-26-23-20-17-14-11-8-5-2/h17,20,25-28,32,36,40,43,57,60,65-68,70-72,74,76-78,80-81H,4-16,18-19,21-24,29-31,33-35,37-39,41-42,44-56,58-59,61-64H2,1-3H3,(H,75,82)/b20-17-,27-25+,28-26-,36-32-,43-40-,60-57+. The minimum absolute atomic E-state index is 0.121. The lowest BCUT2D eigenvalue weighted by Crippen LogP contribution is -2.61. The van der Waals surface area contributed by atoms with Crippen LogP contribution in [-0.2, 0) is 23.8 Å². The predicted molar refractivity (Wildman–Crippen MR) is 356 cm³/mol. The number of amides is 1. The van der Waals surface area contributed by atoms with Crippen molar-refractivity contribution in [2.75, 3.05) is 13.2 Å². The summed E-state index contributed by atoms with van der Waals surface area (Å²) >= 11 is 0. The molecule has 0 saturated carbocycles. The van der Waals surface area contributed by atoms with E-state index in [9.17, 15) is 35.1 Å². The number of carbonyl (C=O) groups is 2. The van der Waals surface area contributed by atoms with E-state index >= 15 is 0 Å². The zero-order valence-corrected chi connectivity index (χ0v) is 55.0. The summed E-state index contributed by atoms with van der Waals surface area (Å²) in [6.07, 6.45) is 69.3. The Labute approximate surface area is 521 Å². The Morgan fingerprint density at radius 1 is 0.459 bits per heavy atom. The van der Waals surface area contributed by atoms with Crippen molar-refractivity contribution in [3.63, 3.8) is 0 Å². The molecular weight excluding hydrogens is 1060 g/mol. The number of carbonyl (C=O) groups excluding carboxylic acids is 2. The maximum absolute atomic E-state index is 13.5. The van der Waals surface area contributed by atoms with E-state index in [0.29, 0.717) is 12.8 Å². The summed E-state index contributed by atoms with van der Waals surface area (Å²) in [6, 6.07) is -1.04. The first-order valence-electron chi connectivity index (χ1n) is 35.7. The van der Waals surface area contributed by atoms with Crippen molar-refractivity contribution in [1.82, 2.24) is 5.32 Å². The van der Waals surface area contributed by atoms with Gasteiger partial charge in [0.05, 0.1) is 25.4 Å². The van der Waals surface area contributed by atoms with Gasteiger partial charge in [0.25, 0.3) is 0 Å². The van der Waals surface area contributed by atoms with E-state index in [1.165, 1.54) is 193 Å². The Kier molecular flexibility index (Phi) is 57.8. The second-order valence-corrected chi connectivity index (χ2v) is 24.6. The van der Waals surface area contributed by atoms with Crippen molar-refractivity contribution in [3.8, 4) is 0 Å².